The van der Waals surface area contributed by atoms with E-state index < -0.39 is 5.97 Å². The molecule has 4 unspecified atom stereocenters. The molecule has 1 amide bonds. The summed E-state index contributed by atoms with van der Waals surface area (Å²) in [6.07, 6.45) is 9.38. The number of likely N-dealkylation sites (tertiary alicyclic amines) is 1. The van der Waals surface area contributed by atoms with E-state index in [9.17, 15) is 14.7 Å². The van der Waals surface area contributed by atoms with Gasteiger partial charge in [-0.2, -0.15) is 0 Å². The Morgan fingerprint density at radius 3 is 2.81 bits per heavy atom. The maximum absolute atomic E-state index is 13.4. The summed E-state index contributed by atoms with van der Waals surface area (Å²) in [4.78, 5) is 30.5. The van der Waals surface area contributed by atoms with Crippen molar-refractivity contribution in [1.82, 2.24) is 9.88 Å². The third-order valence-corrected chi connectivity index (χ3v) is 7.53. The zero-order valence-corrected chi connectivity index (χ0v) is 18.2. The number of nitrogens with one attached hydrogen (secondary N) is 1. The van der Waals surface area contributed by atoms with Crippen LogP contribution in [0.5, 0.6) is 5.75 Å². The van der Waals surface area contributed by atoms with Crippen LogP contribution in [0.4, 0.5) is 0 Å². The SMILES string of the molecule is CC(CC(=O)N1CCCC2C(C(=O)O)CCCC21)c1c[nH]c2cccc(OC3CC3)c12. The number of piperidine rings is 1. The van der Waals surface area contributed by atoms with Crippen LogP contribution in [0.1, 0.15) is 69.8 Å². The zero-order chi connectivity index (χ0) is 21.5. The number of rotatable bonds is 6. The van der Waals surface area contributed by atoms with Crippen molar-refractivity contribution in [3.05, 3.63) is 30.0 Å². The molecule has 0 spiro atoms. The molecule has 3 aliphatic rings. The summed E-state index contributed by atoms with van der Waals surface area (Å²) in [7, 11) is 0. The van der Waals surface area contributed by atoms with Crippen molar-refractivity contribution in [1.29, 1.82) is 0 Å². The van der Waals surface area contributed by atoms with Crippen molar-refractivity contribution >= 4 is 22.8 Å². The van der Waals surface area contributed by atoms with Crippen LogP contribution in [0.2, 0.25) is 0 Å². The fourth-order valence-electron chi connectivity index (χ4n) is 5.82. The summed E-state index contributed by atoms with van der Waals surface area (Å²) < 4.78 is 6.14. The third kappa shape index (κ3) is 3.92. The number of fused-ring (bicyclic) bond motifs is 2. The van der Waals surface area contributed by atoms with Crippen molar-refractivity contribution < 1.29 is 19.4 Å². The number of aromatic amines is 1. The molecular formula is C25H32N2O4. The predicted molar refractivity (Wildman–Crippen MR) is 118 cm³/mol. The minimum absolute atomic E-state index is 0.0597. The molecule has 0 bridgehead atoms. The number of amides is 1. The van der Waals surface area contributed by atoms with Crippen LogP contribution >= 0.6 is 0 Å². The number of carbonyl (C=O) groups is 2. The molecule has 4 atom stereocenters. The number of hydrogen-bond acceptors (Lipinski definition) is 3. The molecule has 31 heavy (non-hydrogen) atoms. The lowest BCUT2D eigenvalue weighted by atomic mass is 9.71. The van der Waals surface area contributed by atoms with Gasteiger partial charge in [-0.3, -0.25) is 9.59 Å². The van der Waals surface area contributed by atoms with E-state index in [1.165, 1.54) is 0 Å². The summed E-state index contributed by atoms with van der Waals surface area (Å²) in [5.41, 5.74) is 2.17. The molecular weight excluding hydrogens is 392 g/mol. The predicted octanol–water partition coefficient (Wildman–Crippen LogP) is 4.69. The number of carboxylic acid groups (broad SMARTS) is 1. The largest absolute Gasteiger partial charge is 0.490 e. The Kier molecular flexibility index (Phi) is 5.40. The molecule has 2 N–H and O–H groups in total. The number of nitrogens with zero attached hydrogens (tertiary/aromatic N) is 1. The van der Waals surface area contributed by atoms with Gasteiger partial charge in [0.05, 0.1) is 12.0 Å². The van der Waals surface area contributed by atoms with E-state index in [0.717, 1.165) is 73.7 Å². The van der Waals surface area contributed by atoms with Crippen LogP contribution in [0.25, 0.3) is 10.9 Å². The molecule has 166 valence electrons. The highest BCUT2D eigenvalue weighted by Gasteiger charge is 2.43. The second-order valence-corrected chi connectivity index (χ2v) is 9.68. The Hall–Kier alpha value is -2.50. The highest BCUT2D eigenvalue weighted by Crippen LogP contribution is 2.41. The molecule has 1 aromatic heterocycles. The first-order chi connectivity index (χ1) is 15.0. The third-order valence-electron chi connectivity index (χ3n) is 7.53. The van der Waals surface area contributed by atoms with Crippen molar-refractivity contribution in [3.8, 4) is 5.75 Å². The molecule has 5 rings (SSSR count). The Bertz CT molecular complexity index is 979. The maximum atomic E-state index is 13.4. The van der Waals surface area contributed by atoms with Crippen LogP contribution in [0.3, 0.4) is 0 Å². The summed E-state index contributed by atoms with van der Waals surface area (Å²) in [6.45, 7) is 2.86. The summed E-state index contributed by atoms with van der Waals surface area (Å²) >= 11 is 0. The Morgan fingerprint density at radius 2 is 2.03 bits per heavy atom. The summed E-state index contributed by atoms with van der Waals surface area (Å²) in [5, 5.41) is 10.7. The molecule has 3 fully saturated rings. The average Bonchev–Trinajstić information content (AvgIpc) is 3.47. The van der Waals surface area contributed by atoms with Gasteiger partial charge in [0, 0.05) is 36.1 Å². The van der Waals surface area contributed by atoms with E-state index >= 15 is 0 Å². The minimum atomic E-state index is -0.695. The molecule has 2 aliphatic carbocycles. The topological polar surface area (TPSA) is 82.6 Å². The first-order valence-electron chi connectivity index (χ1n) is 11.8. The van der Waals surface area contributed by atoms with E-state index in [1.807, 2.05) is 23.2 Å². The summed E-state index contributed by atoms with van der Waals surface area (Å²) in [5.74, 6) is 0.227. The smallest absolute Gasteiger partial charge is 0.306 e. The van der Waals surface area contributed by atoms with Gasteiger partial charge >= 0.3 is 5.97 Å². The molecule has 1 aromatic carbocycles. The molecule has 2 heterocycles. The van der Waals surface area contributed by atoms with Crippen molar-refractivity contribution in [2.24, 2.45) is 11.8 Å². The molecule has 1 saturated heterocycles. The van der Waals surface area contributed by atoms with Crippen LogP contribution < -0.4 is 4.74 Å². The van der Waals surface area contributed by atoms with Crippen molar-refractivity contribution in [2.45, 2.75) is 76.4 Å². The van der Waals surface area contributed by atoms with Crippen LogP contribution in [-0.2, 0) is 9.59 Å². The Labute approximate surface area is 182 Å². The summed E-state index contributed by atoms with van der Waals surface area (Å²) in [6, 6.07) is 6.16. The fraction of sp³-hybridized carbons (Fsp3) is 0.600. The number of benzene rings is 1. The van der Waals surface area contributed by atoms with Gasteiger partial charge in [-0.1, -0.05) is 19.4 Å². The van der Waals surface area contributed by atoms with Gasteiger partial charge < -0.3 is 19.7 Å². The van der Waals surface area contributed by atoms with Crippen molar-refractivity contribution in [2.75, 3.05) is 6.54 Å². The van der Waals surface area contributed by atoms with Gasteiger partial charge in [0.1, 0.15) is 5.75 Å². The molecule has 1 aliphatic heterocycles. The zero-order valence-electron chi connectivity index (χ0n) is 18.2. The molecule has 6 heteroatoms. The number of ether oxygens (including phenoxy) is 1. The van der Waals surface area contributed by atoms with E-state index in [2.05, 4.69) is 18.0 Å². The number of hydrogen-bond donors (Lipinski definition) is 2. The number of aromatic nitrogens is 1. The average molecular weight is 425 g/mol. The van der Waals surface area contributed by atoms with Crippen LogP contribution in [0.15, 0.2) is 24.4 Å². The maximum Gasteiger partial charge on any atom is 0.306 e. The van der Waals surface area contributed by atoms with Gasteiger partial charge in [0.25, 0.3) is 0 Å². The fourth-order valence-corrected chi connectivity index (χ4v) is 5.82. The van der Waals surface area contributed by atoms with Crippen LogP contribution in [-0.4, -0.2) is 45.6 Å². The lowest BCUT2D eigenvalue weighted by Gasteiger charge is -2.46. The van der Waals surface area contributed by atoms with E-state index in [0.29, 0.717) is 12.5 Å². The first-order valence-corrected chi connectivity index (χ1v) is 11.8. The van der Waals surface area contributed by atoms with Gasteiger partial charge in [-0.05, 0) is 68.1 Å². The number of carbonyl (C=O) groups excluding carboxylic acids is 1. The first kappa shape index (κ1) is 20.4. The monoisotopic (exact) mass is 424 g/mol. The van der Waals surface area contributed by atoms with Gasteiger partial charge in [-0.25, -0.2) is 0 Å². The lowest BCUT2D eigenvalue weighted by Crippen LogP contribution is -2.53. The highest BCUT2D eigenvalue weighted by atomic mass is 16.5. The minimum Gasteiger partial charge on any atom is -0.490 e. The van der Waals surface area contributed by atoms with Gasteiger partial charge in [0.2, 0.25) is 5.91 Å². The van der Waals surface area contributed by atoms with E-state index in [1.54, 1.807) is 0 Å². The number of aliphatic carboxylic acids is 1. The lowest BCUT2D eigenvalue weighted by molar-refractivity contribution is -0.152. The standard InChI is InChI=1S/C25H32N2O4/c1-15(19-14-26-20-7-3-9-22(24(19)20)31-16-10-11-16)13-23(28)27-12-4-6-17-18(25(29)30)5-2-8-21(17)27/h3,7,9,14-18,21,26H,2,4-6,8,10-13H2,1H3,(H,29,30). The van der Waals surface area contributed by atoms with E-state index in [4.69, 9.17) is 4.74 Å². The second kappa shape index (κ2) is 8.21. The number of carboxylic acids is 1. The highest BCUT2D eigenvalue weighted by molar-refractivity contribution is 5.90. The number of H-pyrrole nitrogens is 1. The normalized spacial score (nSPS) is 27.0. The quantitative estimate of drug-likeness (QED) is 0.704. The Morgan fingerprint density at radius 1 is 1.19 bits per heavy atom. The molecule has 0 radical (unpaired) electrons. The molecule has 2 saturated carbocycles. The van der Waals surface area contributed by atoms with Crippen molar-refractivity contribution in [3.63, 3.8) is 0 Å². The van der Waals surface area contributed by atoms with E-state index in [-0.39, 0.29) is 29.7 Å². The second-order valence-electron chi connectivity index (χ2n) is 9.68. The van der Waals surface area contributed by atoms with Gasteiger partial charge in [-0.15, -0.1) is 0 Å². The Balaban J connectivity index is 1.34. The van der Waals surface area contributed by atoms with Gasteiger partial charge in [0.15, 0.2) is 0 Å². The molecule has 6 nitrogen and oxygen atoms in total. The van der Waals surface area contributed by atoms with Crippen LogP contribution in [0, 0.1) is 11.8 Å². The molecule has 2 aromatic rings.